The summed E-state index contributed by atoms with van der Waals surface area (Å²) in [6, 6.07) is 8.87. The third-order valence-electron chi connectivity index (χ3n) is 5.56. The minimum Gasteiger partial charge on any atom is -0.357 e. The molecule has 1 aromatic carbocycles. The maximum Gasteiger partial charge on any atom is 0.244 e. The molecule has 0 saturated heterocycles. The van der Waals surface area contributed by atoms with Gasteiger partial charge < -0.3 is 15.5 Å². The van der Waals surface area contributed by atoms with Gasteiger partial charge in [-0.3, -0.25) is 4.79 Å². The minimum absolute atomic E-state index is 0.106. The van der Waals surface area contributed by atoms with Crippen LogP contribution in [0.15, 0.2) is 29.3 Å². The molecule has 0 radical (unpaired) electrons. The van der Waals surface area contributed by atoms with Gasteiger partial charge in [0.2, 0.25) is 5.91 Å². The molecule has 0 atom stereocenters. The van der Waals surface area contributed by atoms with Gasteiger partial charge in [0.15, 0.2) is 5.96 Å². The molecule has 0 aromatic heterocycles. The highest BCUT2D eigenvalue weighted by Crippen LogP contribution is 2.23. The molecule has 1 aliphatic carbocycles. The molecule has 1 heterocycles. The van der Waals surface area contributed by atoms with E-state index in [0.717, 1.165) is 31.4 Å². The molecule has 1 fully saturated rings. The van der Waals surface area contributed by atoms with Crippen LogP contribution in [0.1, 0.15) is 50.7 Å². The van der Waals surface area contributed by atoms with Crippen molar-refractivity contribution in [1.82, 2.24) is 15.5 Å². The fourth-order valence-electron chi connectivity index (χ4n) is 3.87. The number of nitrogens with zero attached hydrogens (tertiary/aromatic N) is 2. The maximum atomic E-state index is 12.6. The summed E-state index contributed by atoms with van der Waals surface area (Å²) in [5.74, 6) is 1.71. The van der Waals surface area contributed by atoms with Gasteiger partial charge >= 0.3 is 0 Å². The Morgan fingerprint density at radius 1 is 1.19 bits per heavy atom. The average molecular weight is 357 g/mol. The van der Waals surface area contributed by atoms with Gasteiger partial charge in [0, 0.05) is 25.7 Å². The van der Waals surface area contributed by atoms with Crippen LogP contribution in [0.2, 0.25) is 0 Å². The molecule has 2 N–H and O–H groups in total. The highest BCUT2D eigenvalue weighted by Gasteiger charge is 2.21. The predicted octanol–water partition coefficient (Wildman–Crippen LogP) is 2.71. The molecule has 0 bridgehead atoms. The van der Waals surface area contributed by atoms with Crippen LogP contribution < -0.4 is 10.6 Å². The van der Waals surface area contributed by atoms with Crippen LogP contribution in [0.4, 0.5) is 0 Å². The van der Waals surface area contributed by atoms with Crippen molar-refractivity contribution in [3.8, 4) is 0 Å². The monoisotopic (exact) mass is 356 g/mol. The third-order valence-corrected chi connectivity index (χ3v) is 5.56. The van der Waals surface area contributed by atoms with Gasteiger partial charge in [-0.05, 0) is 56.1 Å². The number of carbonyl (C=O) groups is 1. The Kier molecular flexibility index (Phi) is 6.53. The van der Waals surface area contributed by atoms with E-state index in [9.17, 15) is 4.79 Å². The largest absolute Gasteiger partial charge is 0.357 e. The van der Waals surface area contributed by atoms with E-state index in [2.05, 4.69) is 47.7 Å². The Morgan fingerprint density at radius 3 is 2.65 bits per heavy atom. The third kappa shape index (κ3) is 4.99. The molecule has 2 aliphatic rings. The van der Waals surface area contributed by atoms with Crippen molar-refractivity contribution in [2.45, 2.75) is 58.5 Å². The smallest absolute Gasteiger partial charge is 0.244 e. The fourth-order valence-corrected chi connectivity index (χ4v) is 3.87. The number of amides is 1. The lowest BCUT2D eigenvalue weighted by Gasteiger charge is -2.29. The number of carbonyl (C=O) groups excluding carboxylic acids is 1. The van der Waals surface area contributed by atoms with Crippen LogP contribution >= 0.6 is 0 Å². The molecule has 1 aliphatic heterocycles. The number of guanidine groups is 1. The highest BCUT2D eigenvalue weighted by atomic mass is 16.2. The first-order chi connectivity index (χ1) is 12.7. The van der Waals surface area contributed by atoms with Gasteiger partial charge in [0.25, 0.3) is 0 Å². The number of benzene rings is 1. The molecular formula is C21H32N4O. The molecule has 3 rings (SSSR count). The van der Waals surface area contributed by atoms with Gasteiger partial charge in [-0.1, -0.05) is 31.2 Å². The van der Waals surface area contributed by atoms with Crippen molar-refractivity contribution in [1.29, 1.82) is 0 Å². The second kappa shape index (κ2) is 9.06. The Morgan fingerprint density at radius 2 is 1.92 bits per heavy atom. The fraction of sp³-hybridized carbons (Fsp3) is 0.619. The van der Waals surface area contributed by atoms with Crippen molar-refractivity contribution in [2.75, 3.05) is 19.6 Å². The van der Waals surface area contributed by atoms with E-state index in [1.807, 2.05) is 11.0 Å². The molecule has 5 nitrogen and oxygen atoms in total. The summed E-state index contributed by atoms with van der Waals surface area (Å²) in [5, 5.41) is 6.80. The molecule has 0 unspecified atom stereocenters. The Hall–Kier alpha value is -2.04. The van der Waals surface area contributed by atoms with E-state index in [0.29, 0.717) is 12.6 Å². The number of aliphatic imine (C=N–C) groups is 1. The van der Waals surface area contributed by atoms with Gasteiger partial charge in [0.1, 0.15) is 6.54 Å². The lowest BCUT2D eigenvalue weighted by Crippen LogP contribution is -2.45. The molecule has 1 saturated carbocycles. The summed E-state index contributed by atoms with van der Waals surface area (Å²) < 4.78 is 0. The molecule has 1 amide bonds. The van der Waals surface area contributed by atoms with Crippen LogP contribution in [0.3, 0.4) is 0 Å². The quantitative estimate of drug-likeness (QED) is 0.644. The number of fused-ring (bicyclic) bond motifs is 1. The molecule has 0 spiro atoms. The minimum atomic E-state index is 0.106. The van der Waals surface area contributed by atoms with E-state index >= 15 is 0 Å². The first kappa shape index (κ1) is 18.7. The van der Waals surface area contributed by atoms with E-state index < -0.39 is 0 Å². The van der Waals surface area contributed by atoms with E-state index in [1.165, 1.54) is 36.8 Å². The summed E-state index contributed by atoms with van der Waals surface area (Å²) in [7, 11) is 0. The van der Waals surface area contributed by atoms with E-state index in [1.54, 1.807) is 0 Å². The molecule has 26 heavy (non-hydrogen) atoms. The Balaban J connectivity index is 1.54. The van der Waals surface area contributed by atoms with Crippen LogP contribution in [0, 0.1) is 5.92 Å². The number of rotatable bonds is 4. The molecule has 1 aromatic rings. The van der Waals surface area contributed by atoms with Crippen LogP contribution in [0.5, 0.6) is 0 Å². The van der Waals surface area contributed by atoms with Crippen LogP contribution in [0.25, 0.3) is 0 Å². The van der Waals surface area contributed by atoms with E-state index in [4.69, 9.17) is 0 Å². The lowest BCUT2D eigenvalue weighted by molar-refractivity contribution is -0.130. The second-order valence-electron chi connectivity index (χ2n) is 7.63. The molecular weight excluding hydrogens is 324 g/mol. The zero-order valence-corrected chi connectivity index (χ0v) is 16.1. The van der Waals surface area contributed by atoms with Crippen molar-refractivity contribution in [2.24, 2.45) is 10.9 Å². The van der Waals surface area contributed by atoms with Crippen LogP contribution in [-0.2, 0) is 17.8 Å². The summed E-state index contributed by atoms with van der Waals surface area (Å²) in [6.07, 6.45) is 5.83. The number of hydrogen-bond donors (Lipinski definition) is 2. The van der Waals surface area contributed by atoms with Crippen molar-refractivity contribution in [3.05, 3.63) is 35.4 Å². The molecule has 5 heteroatoms. The summed E-state index contributed by atoms with van der Waals surface area (Å²) in [6.45, 7) is 6.89. The molecule has 142 valence electrons. The van der Waals surface area contributed by atoms with Crippen molar-refractivity contribution >= 4 is 11.9 Å². The number of hydrogen-bond acceptors (Lipinski definition) is 2. The Bertz CT molecular complexity index is 635. The normalized spacial score (nSPS) is 23.3. The summed E-state index contributed by atoms with van der Waals surface area (Å²) in [5.41, 5.74) is 2.62. The second-order valence-corrected chi connectivity index (χ2v) is 7.63. The van der Waals surface area contributed by atoms with Gasteiger partial charge in [-0.2, -0.15) is 0 Å². The predicted molar refractivity (Wildman–Crippen MR) is 106 cm³/mol. The van der Waals surface area contributed by atoms with Gasteiger partial charge in [-0.25, -0.2) is 4.99 Å². The van der Waals surface area contributed by atoms with Crippen LogP contribution in [-0.4, -0.2) is 42.4 Å². The maximum absolute atomic E-state index is 12.6. The zero-order valence-electron chi connectivity index (χ0n) is 16.1. The first-order valence-electron chi connectivity index (χ1n) is 10.0. The van der Waals surface area contributed by atoms with Gasteiger partial charge in [-0.15, -0.1) is 0 Å². The summed E-state index contributed by atoms with van der Waals surface area (Å²) in [4.78, 5) is 19.1. The first-order valence-corrected chi connectivity index (χ1v) is 10.0. The SMILES string of the molecule is CCNC(=NCC(=O)N1CCc2ccccc2C1)NC1CCC(C)CC1. The topological polar surface area (TPSA) is 56.7 Å². The highest BCUT2D eigenvalue weighted by molar-refractivity contribution is 5.85. The Labute approximate surface area is 157 Å². The van der Waals surface area contributed by atoms with Crippen molar-refractivity contribution in [3.63, 3.8) is 0 Å². The summed E-state index contributed by atoms with van der Waals surface area (Å²) >= 11 is 0. The van der Waals surface area contributed by atoms with Gasteiger partial charge in [0.05, 0.1) is 0 Å². The van der Waals surface area contributed by atoms with Crippen molar-refractivity contribution < 1.29 is 4.79 Å². The van der Waals surface area contributed by atoms with E-state index in [-0.39, 0.29) is 12.5 Å². The standard InChI is InChI=1S/C21H32N4O/c1-3-22-21(24-19-10-8-16(2)9-11-19)23-14-20(26)25-13-12-17-6-4-5-7-18(17)15-25/h4-7,16,19H,3,8-15H2,1-2H3,(H2,22,23,24). The zero-order chi connectivity index (χ0) is 18.4. The lowest BCUT2D eigenvalue weighted by atomic mass is 9.87. The average Bonchev–Trinajstić information content (AvgIpc) is 2.67. The number of nitrogens with one attached hydrogen (secondary N) is 2.